The molecule has 1 atom stereocenters. The lowest BCUT2D eigenvalue weighted by Gasteiger charge is -2.33. The van der Waals surface area contributed by atoms with Crippen LogP contribution in [-0.4, -0.2) is 47.8 Å². The van der Waals surface area contributed by atoms with Crippen LogP contribution in [0.4, 0.5) is 0 Å². The van der Waals surface area contributed by atoms with E-state index in [9.17, 15) is 5.11 Å². The molecule has 1 aliphatic heterocycles. The predicted molar refractivity (Wildman–Crippen MR) is 63.8 cm³/mol. The van der Waals surface area contributed by atoms with Gasteiger partial charge in [-0.3, -0.25) is 0 Å². The number of rotatable bonds is 5. The monoisotopic (exact) mass is 217 g/mol. The number of likely N-dealkylation sites (tertiary alicyclic amines) is 1. The van der Waals surface area contributed by atoms with Crippen molar-refractivity contribution in [3.05, 3.63) is 0 Å². The molecule has 1 N–H and O–H groups in total. The van der Waals surface area contributed by atoms with E-state index in [4.69, 9.17) is 0 Å². The van der Waals surface area contributed by atoms with Gasteiger partial charge in [-0.2, -0.15) is 11.8 Å². The zero-order valence-electron chi connectivity index (χ0n) is 9.41. The van der Waals surface area contributed by atoms with Crippen molar-refractivity contribution < 1.29 is 5.11 Å². The van der Waals surface area contributed by atoms with Crippen LogP contribution in [0.2, 0.25) is 0 Å². The zero-order chi connectivity index (χ0) is 10.4. The van der Waals surface area contributed by atoms with Crippen LogP contribution < -0.4 is 0 Å². The maximum Gasteiger partial charge on any atom is 0.0541 e. The van der Waals surface area contributed by atoms with Crippen molar-refractivity contribution in [2.45, 2.75) is 32.3 Å². The fraction of sp³-hybridized carbons (Fsp3) is 1.00. The first-order chi connectivity index (χ1) is 6.74. The van der Waals surface area contributed by atoms with E-state index in [2.05, 4.69) is 11.2 Å². The molecule has 0 spiro atoms. The minimum Gasteiger partial charge on any atom is -0.393 e. The highest BCUT2D eigenvalue weighted by atomic mass is 32.2. The van der Waals surface area contributed by atoms with Gasteiger partial charge in [0.1, 0.15) is 0 Å². The predicted octanol–water partition coefficient (Wildman–Crippen LogP) is 1.83. The molecule has 0 saturated carbocycles. The lowest BCUT2D eigenvalue weighted by molar-refractivity contribution is 0.0721. The van der Waals surface area contributed by atoms with E-state index in [1.807, 2.05) is 18.7 Å². The molecule has 1 saturated heterocycles. The molecule has 1 unspecified atom stereocenters. The Morgan fingerprint density at radius 3 is 2.57 bits per heavy atom. The van der Waals surface area contributed by atoms with E-state index in [0.717, 1.165) is 0 Å². The van der Waals surface area contributed by atoms with E-state index in [1.54, 1.807) is 0 Å². The van der Waals surface area contributed by atoms with Gasteiger partial charge in [-0.25, -0.2) is 0 Å². The van der Waals surface area contributed by atoms with Gasteiger partial charge in [0, 0.05) is 0 Å². The molecule has 0 radical (unpaired) electrons. The average Bonchev–Trinajstić information content (AvgIpc) is 2.19. The highest BCUT2D eigenvalue weighted by Gasteiger charge is 2.21. The van der Waals surface area contributed by atoms with Crippen molar-refractivity contribution in [3.8, 4) is 0 Å². The number of thioether (sulfide) groups is 1. The molecule has 14 heavy (non-hydrogen) atoms. The molecule has 0 aliphatic carbocycles. The van der Waals surface area contributed by atoms with Crippen LogP contribution in [0.3, 0.4) is 0 Å². The highest BCUT2D eigenvalue weighted by molar-refractivity contribution is 7.98. The first-order valence-electron chi connectivity index (χ1n) is 5.63. The Labute approximate surface area is 92.1 Å². The Kier molecular flexibility index (Phi) is 5.90. The SMILES string of the molecule is CSCCCN1CCC(C(C)O)CC1. The molecule has 0 bridgehead atoms. The molecule has 0 amide bonds. The maximum atomic E-state index is 9.46. The van der Waals surface area contributed by atoms with E-state index in [0.29, 0.717) is 5.92 Å². The van der Waals surface area contributed by atoms with E-state index in [-0.39, 0.29) is 6.10 Å². The van der Waals surface area contributed by atoms with Gasteiger partial charge in [0.2, 0.25) is 0 Å². The fourth-order valence-electron chi connectivity index (χ4n) is 2.09. The number of piperidine rings is 1. The fourth-order valence-corrected chi connectivity index (χ4v) is 2.51. The molecule has 84 valence electrons. The minimum atomic E-state index is -0.108. The van der Waals surface area contributed by atoms with Crippen LogP contribution in [0.15, 0.2) is 0 Å². The van der Waals surface area contributed by atoms with Gasteiger partial charge in [-0.1, -0.05) is 0 Å². The molecular formula is C11H23NOS. The van der Waals surface area contributed by atoms with Crippen LogP contribution in [0, 0.1) is 5.92 Å². The second-order valence-electron chi connectivity index (χ2n) is 4.27. The zero-order valence-corrected chi connectivity index (χ0v) is 10.2. The molecule has 1 fully saturated rings. The van der Waals surface area contributed by atoms with Crippen molar-refractivity contribution in [2.24, 2.45) is 5.92 Å². The van der Waals surface area contributed by atoms with Gasteiger partial charge in [0.05, 0.1) is 6.10 Å². The lowest BCUT2D eigenvalue weighted by Crippen LogP contribution is -2.37. The normalized spacial score (nSPS) is 22.5. The Morgan fingerprint density at radius 2 is 2.07 bits per heavy atom. The highest BCUT2D eigenvalue weighted by Crippen LogP contribution is 2.20. The molecule has 2 nitrogen and oxygen atoms in total. The molecule has 1 rings (SSSR count). The second-order valence-corrected chi connectivity index (χ2v) is 5.25. The quantitative estimate of drug-likeness (QED) is 0.711. The maximum absolute atomic E-state index is 9.46. The Balaban J connectivity index is 2.09. The minimum absolute atomic E-state index is 0.108. The molecule has 1 aliphatic rings. The van der Waals surface area contributed by atoms with E-state index in [1.165, 1.54) is 44.6 Å². The van der Waals surface area contributed by atoms with E-state index < -0.39 is 0 Å². The number of aliphatic hydroxyl groups is 1. The molecule has 0 aromatic heterocycles. The average molecular weight is 217 g/mol. The third-order valence-corrected chi connectivity index (χ3v) is 3.83. The topological polar surface area (TPSA) is 23.5 Å². The standard InChI is InChI=1S/C11H23NOS/c1-10(13)11-4-7-12(8-5-11)6-3-9-14-2/h10-11,13H,3-9H2,1-2H3. The number of hydrogen-bond donors (Lipinski definition) is 1. The first kappa shape index (κ1) is 12.3. The van der Waals surface area contributed by atoms with Gasteiger partial charge in [0.25, 0.3) is 0 Å². The van der Waals surface area contributed by atoms with Gasteiger partial charge >= 0.3 is 0 Å². The summed E-state index contributed by atoms with van der Waals surface area (Å²) in [6.45, 7) is 5.54. The smallest absolute Gasteiger partial charge is 0.0541 e. The summed E-state index contributed by atoms with van der Waals surface area (Å²) in [6.07, 6.45) is 5.72. The summed E-state index contributed by atoms with van der Waals surface area (Å²) in [6, 6.07) is 0. The molecule has 1 heterocycles. The Morgan fingerprint density at radius 1 is 1.43 bits per heavy atom. The van der Waals surface area contributed by atoms with Crippen LogP contribution >= 0.6 is 11.8 Å². The summed E-state index contributed by atoms with van der Waals surface area (Å²) in [5.41, 5.74) is 0. The summed E-state index contributed by atoms with van der Waals surface area (Å²) in [7, 11) is 0. The van der Waals surface area contributed by atoms with Crippen molar-refractivity contribution in [1.82, 2.24) is 4.90 Å². The number of hydrogen-bond acceptors (Lipinski definition) is 3. The lowest BCUT2D eigenvalue weighted by atomic mass is 9.92. The van der Waals surface area contributed by atoms with Crippen molar-refractivity contribution in [3.63, 3.8) is 0 Å². The van der Waals surface area contributed by atoms with Crippen LogP contribution in [0.25, 0.3) is 0 Å². The van der Waals surface area contributed by atoms with Crippen molar-refractivity contribution >= 4 is 11.8 Å². The third kappa shape index (κ3) is 4.20. The molecule has 0 aromatic carbocycles. The van der Waals surface area contributed by atoms with Crippen LogP contribution in [-0.2, 0) is 0 Å². The van der Waals surface area contributed by atoms with Crippen molar-refractivity contribution in [2.75, 3.05) is 31.6 Å². The van der Waals surface area contributed by atoms with Gasteiger partial charge in [-0.15, -0.1) is 0 Å². The summed E-state index contributed by atoms with van der Waals surface area (Å²) >= 11 is 1.93. The molecular weight excluding hydrogens is 194 g/mol. The molecule has 0 aromatic rings. The summed E-state index contributed by atoms with van der Waals surface area (Å²) in [4.78, 5) is 2.54. The summed E-state index contributed by atoms with van der Waals surface area (Å²) in [5, 5.41) is 9.46. The first-order valence-corrected chi connectivity index (χ1v) is 7.02. The number of nitrogens with zero attached hydrogens (tertiary/aromatic N) is 1. The van der Waals surface area contributed by atoms with Gasteiger partial charge in [0.15, 0.2) is 0 Å². The number of aliphatic hydroxyl groups excluding tert-OH is 1. The Bertz CT molecular complexity index is 144. The van der Waals surface area contributed by atoms with Gasteiger partial charge in [-0.05, 0) is 63.7 Å². The Hall–Kier alpha value is 0.270. The van der Waals surface area contributed by atoms with E-state index >= 15 is 0 Å². The largest absolute Gasteiger partial charge is 0.393 e. The van der Waals surface area contributed by atoms with Crippen LogP contribution in [0.5, 0.6) is 0 Å². The second kappa shape index (κ2) is 6.70. The van der Waals surface area contributed by atoms with Crippen molar-refractivity contribution in [1.29, 1.82) is 0 Å². The molecule has 3 heteroatoms. The third-order valence-electron chi connectivity index (χ3n) is 3.14. The summed E-state index contributed by atoms with van der Waals surface area (Å²) < 4.78 is 0. The summed E-state index contributed by atoms with van der Waals surface area (Å²) in [5.74, 6) is 1.82. The van der Waals surface area contributed by atoms with Crippen LogP contribution in [0.1, 0.15) is 26.2 Å². The van der Waals surface area contributed by atoms with Gasteiger partial charge < -0.3 is 10.0 Å².